The van der Waals surface area contributed by atoms with Gasteiger partial charge in [-0.25, -0.2) is 0 Å². The molecule has 0 aliphatic carbocycles. The molecule has 1 N–H and O–H groups in total. The summed E-state index contributed by atoms with van der Waals surface area (Å²) in [5, 5.41) is 3.50. The summed E-state index contributed by atoms with van der Waals surface area (Å²) in [7, 11) is 0. The molecule has 0 aliphatic rings. The molecule has 0 bridgehead atoms. The first-order valence-corrected chi connectivity index (χ1v) is 8.58. The third-order valence-electron chi connectivity index (χ3n) is 3.29. The minimum absolute atomic E-state index is 0.260. The molecule has 1 heterocycles. The fourth-order valence-electron chi connectivity index (χ4n) is 2.19. The summed E-state index contributed by atoms with van der Waals surface area (Å²) in [6, 6.07) is 18.4. The van der Waals surface area contributed by atoms with E-state index in [9.17, 15) is 4.79 Å². The Hall–Kier alpha value is -2.17. The highest BCUT2D eigenvalue weighted by Gasteiger charge is 2.14. The molecule has 3 nitrogen and oxygen atoms in total. The molecule has 0 radical (unpaired) electrons. The Morgan fingerprint density at radius 3 is 2.70 bits per heavy atom. The summed E-state index contributed by atoms with van der Waals surface area (Å²) in [6.07, 6.45) is 1.97. The van der Waals surface area contributed by atoms with Gasteiger partial charge in [-0.15, -0.1) is 11.8 Å². The molecule has 1 amide bonds. The Kier molecular flexibility index (Phi) is 4.74. The van der Waals surface area contributed by atoms with Gasteiger partial charge in [0, 0.05) is 15.5 Å². The lowest BCUT2D eigenvalue weighted by Gasteiger charge is -2.07. The summed E-state index contributed by atoms with van der Waals surface area (Å²) in [5.41, 5.74) is 1.60. The molecule has 3 aromatic rings. The van der Waals surface area contributed by atoms with Gasteiger partial charge >= 0.3 is 0 Å². The van der Waals surface area contributed by atoms with Gasteiger partial charge in [0.15, 0.2) is 5.76 Å². The van der Waals surface area contributed by atoms with Crippen LogP contribution < -0.4 is 5.32 Å². The molecule has 116 valence electrons. The molecule has 5 heteroatoms. The van der Waals surface area contributed by atoms with Crippen molar-refractivity contribution in [1.82, 2.24) is 0 Å². The molecule has 0 atom stereocenters. The van der Waals surface area contributed by atoms with Crippen molar-refractivity contribution in [3.05, 3.63) is 71.4 Å². The molecular formula is C18H14ClNO2S. The monoisotopic (exact) mass is 343 g/mol. The van der Waals surface area contributed by atoms with Crippen LogP contribution in [-0.2, 0) is 0 Å². The van der Waals surface area contributed by atoms with E-state index < -0.39 is 0 Å². The summed E-state index contributed by atoms with van der Waals surface area (Å²) < 4.78 is 5.65. The fraction of sp³-hybridized carbons (Fsp3) is 0.0556. The smallest absolute Gasteiger partial charge is 0.291 e. The van der Waals surface area contributed by atoms with E-state index in [1.165, 1.54) is 0 Å². The second-order valence-corrected chi connectivity index (χ2v) is 6.11. The van der Waals surface area contributed by atoms with Crippen molar-refractivity contribution in [3.8, 4) is 11.3 Å². The van der Waals surface area contributed by atoms with E-state index in [0.717, 1.165) is 16.1 Å². The number of hydrogen-bond donors (Lipinski definition) is 1. The third-order valence-corrected chi connectivity index (χ3v) is 4.33. The lowest BCUT2D eigenvalue weighted by molar-refractivity contribution is 0.0997. The maximum atomic E-state index is 12.4. The fourth-order valence-corrected chi connectivity index (χ4v) is 2.93. The number of amides is 1. The molecule has 0 fully saturated rings. The second-order valence-electron chi connectivity index (χ2n) is 4.83. The summed E-state index contributed by atoms with van der Waals surface area (Å²) in [5.74, 6) is 0.589. The molecule has 23 heavy (non-hydrogen) atoms. The molecule has 0 saturated heterocycles. The number of furan rings is 1. The van der Waals surface area contributed by atoms with Crippen LogP contribution in [-0.4, -0.2) is 12.2 Å². The highest BCUT2D eigenvalue weighted by molar-refractivity contribution is 7.98. The first-order valence-electron chi connectivity index (χ1n) is 6.97. The van der Waals surface area contributed by atoms with E-state index in [1.807, 2.05) is 42.7 Å². The maximum absolute atomic E-state index is 12.4. The number of carbonyl (C=O) groups is 1. The van der Waals surface area contributed by atoms with E-state index in [-0.39, 0.29) is 11.7 Å². The van der Waals surface area contributed by atoms with E-state index in [2.05, 4.69) is 5.32 Å². The predicted molar refractivity (Wildman–Crippen MR) is 95.3 cm³/mol. The van der Waals surface area contributed by atoms with Crippen molar-refractivity contribution in [2.45, 2.75) is 4.90 Å². The molecule has 0 saturated carbocycles. The van der Waals surface area contributed by atoms with Crippen LogP contribution in [0, 0.1) is 0 Å². The van der Waals surface area contributed by atoms with Crippen molar-refractivity contribution in [2.75, 3.05) is 11.6 Å². The van der Waals surface area contributed by atoms with Gasteiger partial charge in [-0.1, -0.05) is 35.9 Å². The number of anilines is 1. The van der Waals surface area contributed by atoms with Crippen LogP contribution in [0.1, 0.15) is 10.6 Å². The first kappa shape index (κ1) is 15.7. The maximum Gasteiger partial charge on any atom is 0.291 e. The van der Waals surface area contributed by atoms with E-state index >= 15 is 0 Å². The van der Waals surface area contributed by atoms with Gasteiger partial charge in [-0.3, -0.25) is 4.79 Å². The summed E-state index contributed by atoms with van der Waals surface area (Å²) in [6.45, 7) is 0. The van der Waals surface area contributed by atoms with E-state index in [0.29, 0.717) is 10.8 Å². The van der Waals surface area contributed by atoms with Gasteiger partial charge in [0.05, 0.1) is 5.69 Å². The van der Waals surface area contributed by atoms with Gasteiger partial charge < -0.3 is 9.73 Å². The Labute approximate surface area is 143 Å². The van der Waals surface area contributed by atoms with Gasteiger partial charge in [0.2, 0.25) is 0 Å². The van der Waals surface area contributed by atoms with Crippen LogP contribution in [0.15, 0.2) is 70.0 Å². The summed E-state index contributed by atoms with van der Waals surface area (Å²) in [4.78, 5) is 13.4. The lowest BCUT2D eigenvalue weighted by Crippen LogP contribution is -2.11. The van der Waals surface area contributed by atoms with Crippen molar-refractivity contribution < 1.29 is 9.21 Å². The average Bonchev–Trinajstić information content (AvgIpc) is 3.05. The molecule has 1 aromatic heterocycles. The highest BCUT2D eigenvalue weighted by Crippen LogP contribution is 2.27. The molecule has 0 spiro atoms. The van der Waals surface area contributed by atoms with Crippen LogP contribution in [0.5, 0.6) is 0 Å². The van der Waals surface area contributed by atoms with Crippen LogP contribution in [0.3, 0.4) is 0 Å². The normalized spacial score (nSPS) is 10.5. The van der Waals surface area contributed by atoms with Gasteiger partial charge in [0.25, 0.3) is 5.91 Å². The first-order chi connectivity index (χ1) is 11.2. The van der Waals surface area contributed by atoms with Crippen LogP contribution in [0.25, 0.3) is 11.3 Å². The number of halogens is 1. The topological polar surface area (TPSA) is 42.2 Å². The van der Waals surface area contributed by atoms with Crippen LogP contribution in [0.4, 0.5) is 5.69 Å². The lowest BCUT2D eigenvalue weighted by atomic mass is 10.2. The number of hydrogen-bond acceptors (Lipinski definition) is 3. The van der Waals surface area contributed by atoms with E-state index in [4.69, 9.17) is 16.0 Å². The highest BCUT2D eigenvalue weighted by atomic mass is 35.5. The standard InChI is InChI=1S/C18H14ClNO2S/c1-23-17-8-3-2-7-14(17)20-18(21)16-10-9-15(22-16)12-5-4-6-13(19)11-12/h2-11H,1H3,(H,20,21). The minimum Gasteiger partial charge on any atom is -0.451 e. The second kappa shape index (κ2) is 6.94. The van der Waals surface area contributed by atoms with Crippen molar-refractivity contribution in [2.24, 2.45) is 0 Å². The average molecular weight is 344 g/mol. The zero-order valence-corrected chi connectivity index (χ0v) is 13.9. The molecular weight excluding hydrogens is 330 g/mol. The molecule has 3 rings (SSSR count). The zero-order valence-electron chi connectivity index (χ0n) is 12.4. The quantitative estimate of drug-likeness (QED) is 0.629. The molecule has 0 aliphatic heterocycles. The number of thioether (sulfide) groups is 1. The third kappa shape index (κ3) is 3.60. The SMILES string of the molecule is CSc1ccccc1NC(=O)c1ccc(-c2cccc(Cl)c2)o1. The van der Waals surface area contributed by atoms with Crippen LogP contribution in [0.2, 0.25) is 5.02 Å². The number of carbonyl (C=O) groups excluding carboxylic acids is 1. The van der Waals surface area contributed by atoms with Gasteiger partial charge in [0.1, 0.15) is 5.76 Å². The van der Waals surface area contributed by atoms with Crippen LogP contribution >= 0.6 is 23.4 Å². The minimum atomic E-state index is -0.278. The zero-order chi connectivity index (χ0) is 16.2. The Balaban J connectivity index is 1.81. The van der Waals surface area contributed by atoms with Crippen molar-refractivity contribution in [1.29, 1.82) is 0 Å². The number of rotatable bonds is 4. The largest absolute Gasteiger partial charge is 0.451 e. The van der Waals surface area contributed by atoms with Crippen molar-refractivity contribution >= 4 is 35.0 Å². The molecule has 0 unspecified atom stereocenters. The summed E-state index contributed by atoms with van der Waals surface area (Å²) >= 11 is 7.56. The Bertz CT molecular complexity index is 844. The molecule has 2 aromatic carbocycles. The predicted octanol–water partition coefficient (Wildman–Crippen LogP) is 5.57. The number of benzene rings is 2. The Morgan fingerprint density at radius 2 is 1.91 bits per heavy atom. The Morgan fingerprint density at radius 1 is 1.09 bits per heavy atom. The number of para-hydroxylation sites is 1. The van der Waals surface area contributed by atoms with Gasteiger partial charge in [-0.05, 0) is 42.7 Å². The van der Waals surface area contributed by atoms with Crippen molar-refractivity contribution in [3.63, 3.8) is 0 Å². The van der Waals surface area contributed by atoms with Gasteiger partial charge in [-0.2, -0.15) is 0 Å². The number of nitrogens with one attached hydrogen (secondary N) is 1. The van der Waals surface area contributed by atoms with E-state index in [1.54, 1.807) is 36.0 Å².